The van der Waals surface area contributed by atoms with Gasteiger partial charge in [0.25, 0.3) is 0 Å². The molecule has 0 aromatic heterocycles. The Bertz CT molecular complexity index is 491. The zero-order chi connectivity index (χ0) is 11.9. The Kier molecular flexibility index (Phi) is 4.23. The van der Waals surface area contributed by atoms with Gasteiger partial charge in [-0.2, -0.15) is 0 Å². The van der Waals surface area contributed by atoms with Crippen LogP contribution in [0.1, 0.15) is 5.56 Å². The van der Waals surface area contributed by atoms with Crippen LogP contribution >= 0.6 is 11.6 Å². The van der Waals surface area contributed by atoms with Crippen molar-refractivity contribution in [1.29, 1.82) is 0 Å². The second-order valence-electron chi connectivity index (χ2n) is 3.58. The first-order valence-electron chi connectivity index (χ1n) is 5.44. The monoisotopic (exact) mass is 244 g/mol. The predicted octanol–water partition coefficient (Wildman–Crippen LogP) is 4.43. The summed E-state index contributed by atoms with van der Waals surface area (Å²) in [5.41, 5.74) is 1.08. The molecule has 0 aliphatic carbocycles. The number of rotatable bonds is 4. The maximum atomic E-state index is 5.89. The summed E-state index contributed by atoms with van der Waals surface area (Å²) in [6.07, 6.45) is 3.97. The summed E-state index contributed by atoms with van der Waals surface area (Å²) in [6.45, 7) is 0.552. The van der Waals surface area contributed by atoms with Crippen LogP contribution in [-0.4, -0.2) is 6.61 Å². The van der Waals surface area contributed by atoms with Crippen LogP contribution in [0.2, 0.25) is 5.02 Å². The molecule has 2 aromatic carbocycles. The highest BCUT2D eigenvalue weighted by molar-refractivity contribution is 6.30. The SMILES string of the molecule is Clc1cccc(C=CCOc2ccccc2)c1. The second-order valence-corrected chi connectivity index (χ2v) is 4.02. The van der Waals surface area contributed by atoms with E-state index < -0.39 is 0 Å². The average molecular weight is 245 g/mol. The third-order valence-corrected chi connectivity index (χ3v) is 2.48. The molecule has 1 nitrogen and oxygen atoms in total. The Morgan fingerprint density at radius 2 is 1.82 bits per heavy atom. The Balaban J connectivity index is 1.86. The average Bonchev–Trinajstić information content (AvgIpc) is 2.36. The van der Waals surface area contributed by atoms with Crippen molar-refractivity contribution in [2.24, 2.45) is 0 Å². The van der Waals surface area contributed by atoms with E-state index in [-0.39, 0.29) is 0 Å². The van der Waals surface area contributed by atoms with E-state index in [0.29, 0.717) is 6.61 Å². The molecule has 0 saturated carbocycles. The smallest absolute Gasteiger partial charge is 0.119 e. The highest BCUT2D eigenvalue weighted by Gasteiger charge is 1.90. The van der Waals surface area contributed by atoms with Crippen LogP contribution in [0, 0.1) is 0 Å². The number of benzene rings is 2. The van der Waals surface area contributed by atoms with Gasteiger partial charge in [-0.25, -0.2) is 0 Å². The molecule has 0 amide bonds. The van der Waals surface area contributed by atoms with Crippen molar-refractivity contribution in [3.05, 3.63) is 71.3 Å². The minimum atomic E-state index is 0.552. The normalized spacial score (nSPS) is 10.6. The summed E-state index contributed by atoms with van der Waals surface area (Å²) >= 11 is 5.89. The van der Waals surface area contributed by atoms with E-state index in [0.717, 1.165) is 16.3 Å². The topological polar surface area (TPSA) is 9.23 Å². The van der Waals surface area contributed by atoms with Gasteiger partial charge in [0.1, 0.15) is 12.4 Å². The van der Waals surface area contributed by atoms with Crippen LogP contribution in [0.25, 0.3) is 6.08 Å². The van der Waals surface area contributed by atoms with Crippen molar-refractivity contribution in [3.8, 4) is 5.75 Å². The fourth-order valence-corrected chi connectivity index (χ4v) is 1.65. The van der Waals surface area contributed by atoms with Crippen molar-refractivity contribution >= 4 is 17.7 Å². The summed E-state index contributed by atoms with van der Waals surface area (Å²) < 4.78 is 5.54. The molecule has 86 valence electrons. The molecule has 2 rings (SSSR count). The van der Waals surface area contributed by atoms with Gasteiger partial charge in [-0.3, -0.25) is 0 Å². The summed E-state index contributed by atoms with van der Waals surface area (Å²) in [6, 6.07) is 17.5. The molecule has 0 heterocycles. The van der Waals surface area contributed by atoms with Gasteiger partial charge in [-0.15, -0.1) is 0 Å². The lowest BCUT2D eigenvalue weighted by molar-refractivity contribution is 0.363. The molecule has 2 heteroatoms. The molecule has 2 aromatic rings. The van der Waals surface area contributed by atoms with Crippen LogP contribution in [0.5, 0.6) is 5.75 Å². The maximum absolute atomic E-state index is 5.89. The molecule has 0 bridgehead atoms. The van der Waals surface area contributed by atoms with Crippen molar-refractivity contribution < 1.29 is 4.74 Å². The molecule has 0 fully saturated rings. The summed E-state index contributed by atoms with van der Waals surface area (Å²) in [5.74, 6) is 0.878. The van der Waals surface area contributed by atoms with Gasteiger partial charge < -0.3 is 4.74 Å². The molecule has 0 spiro atoms. The van der Waals surface area contributed by atoms with Crippen LogP contribution in [0.3, 0.4) is 0 Å². The molecule has 0 aliphatic heterocycles. The standard InChI is InChI=1S/C15H13ClO/c16-14-8-4-6-13(12-14)7-5-11-17-15-9-2-1-3-10-15/h1-10,12H,11H2. The van der Waals surface area contributed by atoms with E-state index in [1.54, 1.807) is 0 Å². The third kappa shape index (κ3) is 3.97. The molecule has 0 N–H and O–H groups in total. The molecule has 0 radical (unpaired) electrons. The Labute approximate surface area is 106 Å². The molecule has 0 atom stereocenters. The van der Waals surface area contributed by atoms with Crippen LogP contribution < -0.4 is 4.74 Å². The van der Waals surface area contributed by atoms with Gasteiger partial charge >= 0.3 is 0 Å². The van der Waals surface area contributed by atoms with E-state index >= 15 is 0 Å². The van der Waals surface area contributed by atoms with Crippen molar-refractivity contribution in [1.82, 2.24) is 0 Å². The fraction of sp³-hybridized carbons (Fsp3) is 0.0667. The van der Waals surface area contributed by atoms with Gasteiger partial charge in [0, 0.05) is 5.02 Å². The highest BCUT2D eigenvalue weighted by atomic mass is 35.5. The van der Waals surface area contributed by atoms with Gasteiger partial charge in [-0.05, 0) is 35.9 Å². The van der Waals surface area contributed by atoms with E-state index in [2.05, 4.69) is 0 Å². The number of para-hydroxylation sites is 1. The number of ether oxygens (including phenoxy) is 1. The largest absolute Gasteiger partial charge is 0.490 e. The lowest BCUT2D eigenvalue weighted by atomic mass is 10.2. The van der Waals surface area contributed by atoms with E-state index in [1.165, 1.54) is 0 Å². The van der Waals surface area contributed by atoms with Gasteiger partial charge in [0.05, 0.1) is 0 Å². The first-order valence-corrected chi connectivity index (χ1v) is 5.82. The van der Waals surface area contributed by atoms with Gasteiger partial charge in [0.15, 0.2) is 0 Å². The number of hydrogen-bond donors (Lipinski definition) is 0. The predicted molar refractivity (Wildman–Crippen MR) is 72.4 cm³/mol. The van der Waals surface area contributed by atoms with Crippen molar-refractivity contribution in [3.63, 3.8) is 0 Å². The van der Waals surface area contributed by atoms with Crippen LogP contribution in [0.4, 0.5) is 0 Å². The minimum Gasteiger partial charge on any atom is -0.490 e. The quantitative estimate of drug-likeness (QED) is 0.773. The van der Waals surface area contributed by atoms with Crippen molar-refractivity contribution in [2.45, 2.75) is 0 Å². The first-order chi connectivity index (χ1) is 8.34. The van der Waals surface area contributed by atoms with Crippen LogP contribution in [0.15, 0.2) is 60.7 Å². The summed E-state index contributed by atoms with van der Waals surface area (Å²) in [5, 5.41) is 0.746. The lowest BCUT2D eigenvalue weighted by Crippen LogP contribution is -1.92. The highest BCUT2D eigenvalue weighted by Crippen LogP contribution is 2.12. The van der Waals surface area contributed by atoms with E-state index in [9.17, 15) is 0 Å². The summed E-state index contributed by atoms with van der Waals surface area (Å²) in [7, 11) is 0. The zero-order valence-corrected chi connectivity index (χ0v) is 10.1. The molecular weight excluding hydrogens is 232 g/mol. The fourth-order valence-electron chi connectivity index (χ4n) is 1.46. The molecular formula is C15H13ClO. The van der Waals surface area contributed by atoms with Crippen LogP contribution in [-0.2, 0) is 0 Å². The Hall–Kier alpha value is -1.73. The van der Waals surface area contributed by atoms with Gasteiger partial charge in [0.2, 0.25) is 0 Å². The molecule has 17 heavy (non-hydrogen) atoms. The van der Waals surface area contributed by atoms with Crippen molar-refractivity contribution in [2.75, 3.05) is 6.61 Å². The first kappa shape index (κ1) is 11.7. The Morgan fingerprint density at radius 1 is 1.00 bits per heavy atom. The van der Waals surface area contributed by atoms with E-state index in [4.69, 9.17) is 16.3 Å². The third-order valence-electron chi connectivity index (χ3n) is 2.25. The molecule has 0 unspecified atom stereocenters. The lowest BCUT2D eigenvalue weighted by Gasteiger charge is -2.01. The molecule has 0 aliphatic rings. The number of hydrogen-bond acceptors (Lipinski definition) is 1. The van der Waals surface area contributed by atoms with Gasteiger partial charge in [-0.1, -0.05) is 48.0 Å². The van der Waals surface area contributed by atoms with E-state index in [1.807, 2.05) is 66.7 Å². The Morgan fingerprint density at radius 3 is 2.59 bits per heavy atom. The number of halogens is 1. The maximum Gasteiger partial charge on any atom is 0.119 e. The minimum absolute atomic E-state index is 0.552. The second kappa shape index (κ2) is 6.12. The zero-order valence-electron chi connectivity index (χ0n) is 9.34. The summed E-state index contributed by atoms with van der Waals surface area (Å²) in [4.78, 5) is 0. The molecule has 0 saturated heterocycles.